The number of alkyl halides is 1. The quantitative estimate of drug-likeness (QED) is 0.625. The third-order valence-electron chi connectivity index (χ3n) is 0.877. The third-order valence-corrected chi connectivity index (χ3v) is 1.37. The Morgan fingerprint density at radius 2 is 2.33 bits per heavy atom. The van der Waals surface area contributed by atoms with Gasteiger partial charge in [-0.05, 0) is 6.92 Å². The lowest BCUT2D eigenvalue weighted by Gasteiger charge is -2.14. The zero-order valence-electron chi connectivity index (χ0n) is 5.26. The van der Waals surface area contributed by atoms with Gasteiger partial charge < -0.3 is 0 Å². The maximum atomic E-state index is 12.5. The predicted octanol–water partition coefficient (Wildman–Crippen LogP) is 1.24. The number of hydrogen-bond acceptors (Lipinski definition) is 2. The van der Waals surface area contributed by atoms with Crippen LogP contribution in [0.4, 0.5) is 4.39 Å². The predicted molar refractivity (Wildman–Crippen MR) is 31.7 cm³/mol. The third kappa shape index (κ3) is 4.50. The molecule has 2 unspecified atom stereocenters. The Kier molecular flexibility index (Phi) is 3.24. The first-order valence-electron chi connectivity index (χ1n) is 2.47. The molecule has 0 rings (SSSR count). The first-order chi connectivity index (χ1) is 3.98. The smallest absolute Gasteiger partial charge is 0.284 e. The van der Waals surface area contributed by atoms with E-state index < -0.39 is 17.2 Å². The molecule has 0 spiro atoms. The van der Waals surface area contributed by atoms with Crippen LogP contribution in [0, 0.1) is 0 Å². The van der Waals surface area contributed by atoms with E-state index in [1.807, 2.05) is 0 Å². The average molecular weight is 156 g/mol. The second kappa shape index (κ2) is 3.24. The lowest BCUT2D eigenvalue weighted by atomic mass is 10.3. The van der Waals surface area contributed by atoms with Crippen molar-refractivity contribution in [3.63, 3.8) is 0 Å². The maximum absolute atomic E-state index is 12.5. The van der Waals surface area contributed by atoms with Crippen molar-refractivity contribution in [1.82, 2.24) is 0 Å². The van der Waals surface area contributed by atoms with Crippen LogP contribution in [-0.2, 0) is 15.5 Å². The molecule has 0 aliphatic rings. The van der Waals surface area contributed by atoms with Gasteiger partial charge in [0.05, 0.1) is 0 Å². The van der Waals surface area contributed by atoms with Gasteiger partial charge >= 0.3 is 11.4 Å². The van der Waals surface area contributed by atoms with Crippen molar-refractivity contribution in [2.24, 2.45) is 0 Å². The molecule has 5 heteroatoms. The molecule has 0 saturated heterocycles. The summed E-state index contributed by atoms with van der Waals surface area (Å²) in [4.78, 5) is 0. The number of halogens is 1. The van der Waals surface area contributed by atoms with E-state index in [9.17, 15) is 8.60 Å². The van der Waals surface area contributed by atoms with Gasteiger partial charge in [-0.25, -0.2) is 8.57 Å². The molecule has 0 heterocycles. The Morgan fingerprint density at radius 1 is 1.89 bits per heavy atom. The van der Waals surface area contributed by atoms with Crippen molar-refractivity contribution < 1.29 is 17.3 Å². The summed E-state index contributed by atoms with van der Waals surface area (Å²) in [6, 6.07) is 0. The molecule has 0 bridgehead atoms. The Hall–Kier alpha value is -0.0000000000000000486. The van der Waals surface area contributed by atoms with Crippen molar-refractivity contribution >= 4 is 11.4 Å². The van der Waals surface area contributed by atoms with Gasteiger partial charge in [0.2, 0.25) is 5.85 Å². The summed E-state index contributed by atoms with van der Waals surface area (Å²) in [6.45, 7) is 2.62. The van der Waals surface area contributed by atoms with Crippen molar-refractivity contribution in [3.05, 3.63) is 0 Å². The van der Waals surface area contributed by atoms with Crippen LogP contribution in [0.2, 0.25) is 0 Å². The van der Waals surface area contributed by atoms with E-state index in [4.69, 9.17) is 4.55 Å². The second-order valence-corrected chi connectivity index (χ2v) is 2.36. The summed E-state index contributed by atoms with van der Waals surface area (Å²) in [6.07, 6.45) is 0.0549. The highest BCUT2D eigenvalue weighted by atomic mass is 32.2. The average Bonchev–Trinajstić information content (AvgIpc) is 1.63. The molecule has 0 aromatic heterocycles. The van der Waals surface area contributed by atoms with Gasteiger partial charge in [0.25, 0.3) is 0 Å². The lowest BCUT2D eigenvalue weighted by Crippen LogP contribution is -2.21. The molecule has 1 N–H and O–H groups in total. The molecule has 0 amide bonds. The van der Waals surface area contributed by atoms with E-state index in [2.05, 4.69) is 4.18 Å². The molecule has 0 aromatic rings. The van der Waals surface area contributed by atoms with Gasteiger partial charge in [0, 0.05) is 6.42 Å². The van der Waals surface area contributed by atoms with E-state index in [0.29, 0.717) is 0 Å². The first kappa shape index (κ1) is 9.00. The van der Waals surface area contributed by atoms with E-state index in [-0.39, 0.29) is 6.42 Å². The molecule has 0 radical (unpaired) electrons. The zero-order valence-corrected chi connectivity index (χ0v) is 6.07. The lowest BCUT2D eigenvalue weighted by molar-refractivity contribution is -0.0423. The van der Waals surface area contributed by atoms with Gasteiger partial charge in [0.1, 0.15) is 0 Å². The highest BCUT2D eigenvalue weighted by Crippen LogP contribution is 2.16. The minimum atomic E-state index is -2.51. The molecule has 0 saturated carbocycles. The summed E-state index contributed by atoms with van der Waals surface area (Å²) in [7, 11) is 0. The van der Waals surface area contributed by atoms with E-state index in [1.165, 1.54) is 6.92 Å². The second-order valence-electron chi connectivity index (χ2n) is 1.76. The van der Waals surface area contributed by atoms with E-state index in [1.54, 1.807) is 0 Å². The topological polar surface area (TPSA) is 46.5 Å². The van der Waals surface area contributed by atoms with Crippen LogP contribution in [0.1, 0.15) is 20.3 Å². The Labute approximate surface area is 55.7 Å². The number of rotatable bonds is 3. The van der Waals surface area contributed by atoms with Gasteiger partial charge in [-0.2, -0.15) is 4.21 Å². The fourth-order valence-corrected chi connectivity index (χ4v) is 0.623. The van der Waals surface area contributed by atoms with Crippen molar-refractivity contribution in [2.75, 3.05) is 0 Å². The maximum Gasteiger partial charge on any atom is 0.304 e. The first-order valence-corrected chi connectivity index (χ1v) is 3.50. The Bertz CT molecular complexity index is 114. The molecule has 3 nitrogen and oxygen atoms in total. The van der Waals surface area contributed by atoms with Gasteiger partial charge in [-0.15, -0.1) is 0 Å². The normalized spacial score (nSPS) is 20.9. The summed E-state index contributed by atoms with van der Waals surface area (Å²) in [5, 5.41) is 0. The fraction of sp³-hybridized carbons (Fsp3) is 1.00. The SMILES string of the molecule is CCC(C)(F)OS(=O)O. The minimum Gasteiger partial charge on any atom is -0.284 e. The molecule has 0 fully saturated rings. The van der Waals surface area contributed by atoms with Crippen LogP contribution in [0.3, 0.4) is 0 Å². The molecule has 56 valence electrons. The monoisotopic (exact) mass is 156 g/mol. The van der Waals surface area contributed by atoms with Crippen molar-refractivity contribution in [3.8, 4) is 0 Å². The zero-order chi connectivity index (χ0) is 7.49. The number of hydrogen-bond donors (Lipinski definition) is 1. The van der Waals surface area contributed by atoms with E-state index >= 15 is 0 Å². The van der Waals surface area contributed by atoms with Crippen LogP contribution in [0.5, 0.6) is 0 Å². The summed E-state index contributed by atoms with van der Waals surface area (Å²) in [5.74, 6) is -1.99. The minimum absolute atomic E-state index is 0.0549. The highest BCUT2D eigenvalue weighted by Gasteiger charge is 2.23. The van der Waals surface area contributed by atoms with Crippen LogP contribution >= 0.6 is 0 Å². The molecule has 0 aromatic carbocycles. The molecule has 0 aliphatic carbocycles. The molecular weight excluding hydrogens is 147 g/mol. The Morgan fingerprint density at radius 3 is 2.44 bits per heavy atom. The fourth-order valence-electron chi connectivity index (χ4n) is 0.208. The highest BCUT2D eigenvalue weighted by molar-refractivity contribution is 7.74. The summed E-state index contributed by atoms with van der Waals surface area (Å²) >= 11 is -2.51. The largest absolute Gasteiger partial charge is 0.304 e. The molecule has 9 heavy (non-hydrogen) atoms. The van der Waals surface area contributed by atoms with Crippen molar-refractivity contribution in [1.29, 1.82) is 0 Å². The van der Waals surface area contributed by atoms with E-state index in [0.717, 1.165) is 6.92 Å². The molecular formula is C4H9FO3S. The van der Waals surface area contributed by atoms with Crippen molar-refractivity contribution in [2.45, 2.75) is 26.1 Å². The molecule has 2 atom stereocenters. The standard InChI is InChI=1S/C4H9FO3S/c1-3-4(2,5)8-9(6)7/h3H2,1-2H3,(H,6,7). The Balaban J connectivity index is 3.71. The van der Waals surface area contributed by atoms with Crippen LogP contribution < -0.4 is 0 Å². The summed E-state index contributed by atoms with van der Waals surface area (Å²) < 4.78 is 34.3. The molecule has 0 aliphatic heterocycles. The van der Waals surface area contributed by atoms with Crippen LogP contribution in [-0.4, -0.2) is 14.6 Å². The van der Waals surface area contributed by atoms with Crippen LogP contribution in [0.25, 0.3) is 0 Å². The van der Waals surface area contributed by atoms with Gasteiger partial charge in [-0.3, -0.25) is 4.55 Å². The summed E-state index contributed by atoms with van der Waals surface area (Å²) in [5.41, 5.74) is 0. The van der Waals surface area contributed by atoms with Crippen LogP contribution in [0.15, 0.2) is 0 Å². The van der Waals surface area contributed by atoms with Gasteiger partial charge in [-0.1, -0.05) is 6.92 Å². The van der Waals surface area contributed by atoms with Gasteiger partial charge in [0.15, 0.2) is 0 Å².